The Morgan fingerprint density at radius 1 is 1.10 bits per heavy atom. The van der Waals surface area contributed by atoms with E-state index in [0.29, 0.717) is 16.9 Å². The van der Waals surface area contributed by atoms with Crippen LogP contribution < -0.4 is 15.8 Å². The van der Waals surface area contributed by atoms with Gasteiger partial charge in [-0.05, 0) is 42.5 Å². The molecule has 0 atom stereocenters. The van der Waals surface area contributed by atoms with Crippen molar-refractivity contribution in [3.05, 3.63) is 54.1 Å². The number of nitrogen functional groups attached to an aromatic ring is 1. The largest absolute Gasteiger partial charge is 0.399 e. The highest BCUT2D eigenvalue weighted by atomic mass is 32.2. The van der Waals surface area contributed by atoms with Crippen LogP contribution in [0.25, 0.3) is 0 Å². The number of benzene rings is 2. The predicted molar refractivity (Wildman–Crippen MR) is 81.5 cm³/mol. The number of rotatable bonds is 4. The van der Waals surface area contributed by atoms with Crippen molar-refractivity contribution in [2.45, 2.75) is 4.90 Å². The molecule has 0 radical (unpaired) electrons. The number of nitrogens with one attached hydrogen (secondary N) is 2. The first-order valence-corrected chi connectivity index (χ1v) is 7.61. The van der Waals surface area contributed by atoms with Gasteiger partial charge >= 0.3 is 0 Å². The monoisotopic (exact) mass is 305 g/mol. The lowest BCUT2D eigenvalue weighted by Crippen LogP contribution is -2.18. The molecule has 2 rings (SSSR count). The second kappa shape index (κ2) is 5.84. The minimum atomic E-state index is -3.71. The molecule has 0 saturated carbocycles. The molecule has 2 aromatic carbocycles. The third kappa shape index (κ3) is 3.51. The van der Waals surface area contributed by atoms with E-state index in [1.807, 2.05) is 0 Å². The molecule has 0 saturated heterocycles. The van der Waals surface area contributed by atoms with Gasteiger partial charge in [-0.25, -0.2) is 8.42 Å². The minimum absolute atomic E-state index is 0.0814. The summed E-state index contributed by atoms with van der Waals surface area (Å²) in [5.41, 5.74) is 6.76. The van der Waals surface area contributed by atoms with E-state index in [1.54, 1.807) is 12.1 Å². The smallest absolute Gasteiger partial charge is 0.261 e. The molecule has 0 bridgehead atoms. The van der Waals surface area contributed by atoms with Crippen LogP contribution in [0.4, 0.5) is 11.4 Å². The second-order valence-corrected chi connectivity index (χ2v) is 6.02. The molecule has 2 aromatic rings. The number of anilines is 2. The van der Waals surface area contributed by atoms with Crippen LogP contribution in [0, 0.1) is 0 Å². The van der Waals surface area contributed by atoms with E-state index >= 15 is 0 Å². The van der Waals surface area contributed by atoms with Crippen molar-refractivity contribution in [2.75, 3.05) is 17.5 Å². The summed E-state index contributed by atoms with van der Waals surface area (Å²) in [5, 5.41) is 2.49. The summed E-state index contributed by atoms with van der Waals surface area (Å²) in [6.07, 6.45) is 0. The first-order valence-electron chi connectivity index (χ1n) is 6.13. The molecule has 21 heavy (non-hydrogen) atoms. The van der Waals surface area contributed by atoms with Crippen molar-refractivity contribution in [2.24, 2.45) is 0 Å². The molecule has 6 nitrogen and oxygen atoms in total. The van der Waals surface area contributed by atoms with Crippen molar-refractivity contribution in [1.29, 1.82) is 0 Å². The molecule has 0 fully saturated rings. The first kappa shape index (κ1) is 14.9. The molecule has 1 amide bonds. The second-order valence-electron chi connectivity index (χ2n) is 4.33. The molecule has 4 N–H and O–H groups in total. The molecule has 0 aliphatic rings. The molecule has 0 spiro atoms. The number of carbonyl (C=O) groups excluding carboxylic acids is 1. The third-order valence-corrected chi connectivity index (χ3v) is 4.17. The predicted octanol–water partition coefficient (Wildman–Crippen LogP) is 1.43. The zero-order valence-corrected chi connectivity index (χ0v) is 12.1. The average molecular weight is 305 g/mol. The van der Waals surface area contributed by atoms with Gasteiger partial charge in [-0.1, -0.05) is 6.07 Å². The summed E-state index contributed by atoms with van der Waals surface area (Å²) in [4.78, 5) is 11.5. The summed E-state index contributed by atoms with van der Waals surface area (Å²) >= 11 is 0. The highest BCUT2D eigenvalue weighted by molar-refractivity contribution is 7.92. The van der Waals surface area contributed by atoms with E-state index in [-0.39, 0.29) is 10.8 Å². The Balaban J connectivity index is 2.23. The fraction of sp³-hybridized carbons (Fsp3) is 0.0714. The maximum atomic E-state index is 12.2. The number of amides is 1. The van der Waals surface area contributed by atoms with Crippen molar-refractivity contribution in [1.82, 2.24) is 5.32 Å². The van der Waals surface area contributed by atoms with E-state index in [1.165, 1.54) is 43.4 Å². The van der Waals surface area contributed by atoms with Crippen molar-refractivity contribution in [3.8, 4) is 0 Å². The third-order valence-electron chi connectivity index (χ3n) is 2.79. The maximum absolute atomic E-state index is 12.2. The zero-order chi connectivity index (χ0) is 15.5. The Hall–Kier alpha value is -2.54. The van der Waals surface area contributed by atoms with Gasteiger partial charge in [-0.2, -0.15) is 0 Å². The van der Waals surface area contributed by atoms with Gasteiger partial charge in [-0.15, -0.1) is 0 Å². The Labute approximate surface area is 123 Å². The molecule has 110 valence electrons. The van der Waals surface area contributed by atoms with Crippen molar-refractivity contribution in [3.63, 3.8) is 0 Å². The Morgan fingerprint density at radius 3 is 2.33 bits per heavy atom. The quantitative estimate of drug-likeness (QED) is 0.744. The zero-order valence-electron chi connectivity index (χ0n) is 11.3. The lowest BCUT2D eigenvalue weighted by atomic mass is 10.2. The highest BCUT2D eigenvalue weighted by Gasteiger charge is 2.14. The Bertz CT molecular complexity index is 755. The van der Waals surface area contributed by atoms with E-state index in [2.05, 4.69) is 10.0 Å². The van der Waals surface area contributed by atoms with Gasteiger partial charge in [0.1, 0.15) is 0 Å². The summed E-state index contributed by atoms with van der Waals surface area (Å²) in [6, 6.07) is 12.1. The lowest BCUT2D eigenvalue weighted by molar-refractivity contribution is 0.0963. The number of nitrogens with two attached hydrogens (primary N) is 1. The topological polar surface area (TPSA) is 101 Å². The molecule has 0 unspecified atom stereocenters. The Kier molecular flexibility index (Phi) is 4.13. The molecular weight excluding hydrogens is 290 g/mol. The lowest BCUT2D eigenvalue weighted by Gasteiger charge is -2.09. The minimum Gasteiger partial charge on any atom is -0.399 e. The summed E-state index contributed by atoms with van der Waals surface area (Å²) in [7, 11) is -2.18. The van der Waals surface area contributed by atoms with Crippen molar-refractivity contribution < 1.29 is 13.2 Å². The number of hydrogen-bond donors (Lipinski definition) is 3. The average Bonchev–Trinajstić information content (AvgIpc) is 2.47. The molecule has 0 aromatic heterocycles. The van der Waals surface area contributed by atoms with Crippen molar-refractivity contribution >= 4 is 27.3 Å². The van der Waals surface area contributed by atoms with Crippen LogP contribution in [0.1, 0.15) is 10.4 Å². The molecular formula is C14H15N3O3S. The fourth-order valence-corrected chi connectivity index (χ4v) is 2.84. The van der Waals surface area contributed by atoms with E-state index in [9.17, 15) is 13.2 Å². The number of hydrogen-bond acceptors (Lipinski definition) is 4. The van der Waals surface area contributed by atoms with Gasteiger partial charge in [0.2, 0.25) is 0 Å². The maximum Gasteiger partial charge on any atom is 0.261 e. The van der Waals surface area contributed by atoms with Gasteiger partial charge in [0.05, 0.1) is 4.90 Å². The number of sulfonamides is 1. The molecule has 0 aliphatic carbocycles. The van der Waals surface area contributed by atoms with E-state index in [0.717, 1.165) is 0 Å². The number of carbonyl (C=O) groups is 1. The normalized spacial score (nSPS) is 10.9. The van der Waals surface area contributed by atoms with Crippen LogP contribution >= 0.6 is 0 Å². The van der Waals surface area contributed by atoms with Gasteiger partial charge in [0, 0.05) is 24.0 Å². The van der Waals surface area contributed by atoms with Crippen LogP contribution in [-0.2, 0) is 10.0 Å². The van der Waals surface area contributed by atoms with Crippen LogP contribution in [0.3, 0.4) is 0 Å². The molecule has 0 aliphatic heterocycles. The Morgan fingerprint density at radius 2 is 1.76 bits per heavy atom. The fourth-order valence-electron chi connectivity index (χ4n) is 1.73. The van der Waals surface area contributed by atoms with Gasteiger partial charge in [0.25, 0.3) is 15.9 Å². The first-order chi connectivity index (χ1) is 9.92. The molecule has 7 heteroatoms. The summed E-state index contributed by atoms with van der Waals surface area (Å²) in [6.45, 7) is 0. The molecule has 0 heterocycles. The SMILES string of the molecule is CNC(=O)c1ccc(NS(=O)(=O)c2cccc(N)c2)cc1. The van der Waals surface area contributed by atoms with Crippen LogP contribution in [0.2, 0.25) is 0 Å². The highest BCUT2D eigenvalue weighted by Crippen LogP contribution is 2.18. The van der Waals surface area contributed by atoms with Crippen LogP contribution in [0.5, 0.6) is 0 Å². The van der Waals surface area contributed by atoms with Crippen LogP contribution in [-0.4, -0.2) is 21.4 Å². The van der Waals surface area contributed by atoms with Gasteiger partial charge in [-0.3, -0.25) is 9.52 Å². The van der Waals surface area contributed by atoms with Crippen LogP contribution in [0.15, 0.2) is 53.4 Å². The van der Waals surface area contributed by atoms with Gasteiger partial charge in [0.15, 0.2) is 0 Å². The standard InChI is InChI=1S/C14H15N3O3S/c1-16-14(18)10-5-7-12(8-6-10)17-21(19,20)13-4-2-3-11(15)9-13/h2-9,17H,15H2,1H3,(H,16,18). The van der Waals surface area contributed by atoms with Gasteiger partial charge < -0.3 is 11.1 Å². The van der Waals surface area contributed by atoms with E-state index in [4.69, 9.17) is 5.73 Å². The summed E-state index contributed by atoms with van der Waals surface area (Å²) in [5.74, 6) is -0.236. The summed E-state index contributed by atoms with van der Waals surface area (Å²) < 4.78 is 26.8. The van der Waals surface area contributed by atoms with E-state index < -0.39 is 10.0 Å².